The number of aromatic nitrogens is 1. The van der Waals surface area contributed by atoms with Crippen LogP contribution in [0.4, 0.5) is 0 Å². The molecule has 0 bridgehead atoms. The third-order valence-electron chi connectivity index (χ3n) is 5.50. The van der Waals surface area contributed by atoms with Crippen LogP contribution in [0, 0.1) is 5.92 Å². The lowest BCUT2D eigenvalue weighted by Crippen LogP contribution is -2.42. The van der Waals surface area contributed by atoms with Gasteiger partial charge in [-0.1, -0.05) is 35.1 Å². The Kier molecular flexibility index (Phi) is 7.41. The largest absolute Gasteiger partial charge is 0.316 e. The summed E-state index contributed by atoms with van der Waals surface area (Å²) in [6.07, 6.45) is 3.30. The maximum atomic E-state index is 13.1. The summed E-state index contributed by atoms with van der Waals surface area (Å²) in [6.45, 7) is 1.30. The number of nitrogens with zero attached hydrogens (tertiary/aromatic N) is 3. The van der Waals surface area contributed by atoms with Crippen molar-refractivity contribution in [1.29, 1.82) is 0 Å². The van der Waals surface area contributed by atoms with Crippen molar-refractivity contribution in [2.24, 2.45) is 10.9 Å². The molecule has 1 aliphatic rings. The second-order valence-electron chi connectivity index (χ2n) is 7.60. The lowest BCUT2D eigenvalue weighted by Gasteiger charge is -2.30. The molecule has 0 aliphatic carbocycles. The fraction of sp³-hybridized carbons (Fsp3) is 0.364. The predicted molar refractivity (Wildman–Crippen MR) is 132 cm³/mol. The van der Waals surface area contributed by atoms with Gasteiger partial charge < -0.3 is 4.57 Å². The quantitative estimate of drug-likeness (QED) is 0.498. The summed E-state index contributed by atoms with van der Waals surface area (Å²) in [5, 5.41) is 0.479. The van der Waals surface area contributed by atoms with E-state index < -0.39 is 15.9 Å². The van der Waals surface area contributed by atoms with Crippen LogP contribution in [0.5, 0.6) is 0 Å². The van der Waals surface area contributed by atoms with Crippen molar-refractivity contribution in [1.82, 2.24) is 8.87 Å². The van der Waals surface area contributed by atoms with E-state index in [-0.39, 0.29) is 17.3 Å². The van der Waals surface area contributed by atoms with Crippen LogP contribution in [0.3, 0.4) is 0 Å². The van der Waals surface area contributed by atoms with Crippen LogP contribution in [0.25, 0.3) is 10.2 Å². The van der Waals surface area contributed by atoms with Crippen LogP contribution in [0.1, 0.15) is 12.8 Å². The highest BCUT2D eigenvalue weighted by atomic mass is 35.5. The van der Waals surface area contributed by atoms with Gasteiger partial charge in [-0.3, -0.25) is 4.79 Å². The van der Waals surface area contributed by atoms with E-state index in [9.17, 15) is 13.2 Å². The van der Waals surface area contributed by atoms with E-state index in [1.54, 1.807) is 23.9 Å². The van der Waals surface area contributed by atoms with Gasteiger partial charge in [0.15, 0.2) is 4.80 Å². The highest BCUT2D eigenvalue weighted by Crippen LogP contribution is 2.25. The number of amides is 1. The molecule has 0 N–H and O–H groups in total. The number of rotatable bonds is 6. The van der Waals surface area contributed by atoms with Crippen LogP contribution in [-0.4, -0.2) is 48.3 Å². The summed E-state index contributed by atoms with van der Waals surface area (Å²) in [4.78, 5) is 18.4. The number of thiazole rings is 1. The van der Waals surface area contributed by atoms with E-state index in [1.165, 1.54) is 27.8 Å². The summed E-state index contributed by atoms with van der Waals surface area (Å²) < 4.78 is 30.7. The second-order valence-corrected chi connectivity index (χ2v) is 12.0. The molecule has 4 rings (SSSR count). The van der Waals surface area contributed by atoms with E-state index in [4.69, 9.17) is 11.6 Å². The maximum Gasteiger partial charge on any atom is 0.252 e. The molecule has 0 radical (unpaired) electrons. The Hall–Kier alpha value is -1.65. The standard InChI is InChI=1S/C22H24ClN3O3S3/c1-30-14-13-26-19-6-2-3-7-20(19)31-22(26)24-21(27)16-5-4-12-25(15-16)32(28,29)18-10-8-17(23)9-11-18/h2-3,6-11,16H,4-5,12-15H2,1H3. The number of piperidine rings is 1. The topological polar surface area (TPSA) is 71.7 Å². The zero-order chi connectivity index (χ0) is 22.7. The molecule has 170 valence electrons. The van der Waals surface area contributed by atoms with E-state index in [0.29, 0.717) is 29.2 Å². The van der Waals surface area contributed by atoms with Gasteiger partial charge >= 0.3 is 0 Å². The van der Waals surface area contributed by atoms with Gasteiger partial charge in [0, 0.05) is 30.4 Å². The van der Waals surface area contributed by atoms with E-state index in [2.05, 4.69) is 15.8 Å². The van der Waals surface area contributed by atoms with Gasteiger partial charge in [-0.25, -0.2) is 8.42 Å². The summed E-state index contributed by atoms with van der Waals surface area (Å²) >= 11 is 9.13. The van der Waals surface area contributed by atoms with Crippen LogP contribution < -0.4 is 4.80 Å². The van der Waals surface area contributed by atoms with E-state index in [0.717, 1.165) is 22.5 Å². The minimum atomic E-state index is -3.68. The first-order valence-corrected chi connectivity index (χ1v) is 14.3. The maximum absolute atomic E-state index is 13.1. The van der Waals surface area contributed by atoms with Crippen LogP contribution in [0.2, 0.25) is 5.02 Å². The number of benzene rings is 2. The SMILES string of the molecule is CSCCn1c(=NC(=O)C2CCCN(S(=O)(=O)c3ccc(Cl)cc3)C2)sc2ccccc21. The van der Waals surface area contributed by atoms with Crippen molar-refractivity contribution < 1.29 is 13.2 Å². The Labute approximate surface area is 201 Å². The minimum absolute atomic E-state index is 0.142. The molecule has 3 aromatic rings. The Morgan fingerprint density at radius 3 is 2.72 bits per heavy atom. The molecular formula is C22H24ClN3O3S3. The summed E-state index contributed by atoms with van der Waals surface area (Å²) in [5.74, 6) is 0.203. The molecule has 1 atom stereocenters. The Morgan fingerprint density at radius 2 is 1.97 bits per heavy atom. The number of halogens is 1. The molecule has 32 heavy (non-hydrogen) atoms. The molecule has 2 aromatic carbocycles. The fourth-order valence-corrected chi connectivity index (χ4v) is 6.88. The van der Waals surface area contributed by atoms with Gasteiger partial charge in [0.2, 0.25) is 10.0 Å². The van der Waals surface area contributed by atoms with Crippen molar-refractivity contribution in [3.05, 3.63) is 58.4 Å². The molecule has 1 amide bonds. The molecule has 1 unspecified atom stereocenters. The monoisotopic (exact) mass is 509 g/mol. The number of carbonyl (C=O) groups is 1. The first-order valence-electron chi connectivity index (χ1n) is 10.3. The number of hydrogen-bond acceptors (Lipinski definition) is 5. The van der Waals surface area contributed by atoms with Crippen LogP contribution >= 0.6 is 34.7 Å². The van der Waals surface area contributed by atoms with Gasteiger partial charge in [0.25, 0.3) is 5.91 Å². The molecule has 1 aliphatic heterocycles. The normalized spacial score (nSPS) is 18.3. The number of aryl methyl sites for hydroxylation is 1. The molecule has 6 nitrogen and oxygen atoms in total. The average Bonchev–Trinajstić information content (AvgIpc) is 3.14. The third kappa shape index (κ3) is 4.97. The molecule has 10 heteroatoms. The first kappa shape index (κ1) is 23.5. The Bertz CT molecular complexity index is 1280. The van der Waals surface area contributed by atoms with Gasteiger partial charge in [0.05, 0.1) is 21.0 Å². The van der Waals surface area contributed by atoms with E-state index >= 15 is 0 Å². The molecule has 0 spiro atoms. The number of para-hydroxylation sites is 1. The highest BCUT2D eigenvalue weighted by Gasteiger charge is 2.33. The number of thioether (sulfide) groups is 1. The predicted octanol–water partition coefficient (Wildman–Crippen LogP) is 4.25. The van der Waals surface area contributed by atoms with Crippen molar-refractivity contribution in [2.45, 2.75) is 24.3 Å². The molecular weight excluding hydrogens is 486 g/mol. The first-order chi connectivity index (χ1) is 15.4. The number of carbonyl (C=O) groups excluding carboxylic acids is 1. The Morgan fingerprint density at radius 1 is 1.22 bits per heavy atom. The Balaban J connectivity index is 1.60. The van der Waals surface area contributed by atoms with Crippen molar-refractivity contribution >= 4 is 60.8 Å². The van der Waals surface area contributed by atoms with Gasteiger partial charge in [-0.05, 0) is 55.5 Å². The highest BCUT2D eigenvalue weighted by molar-refractivity contribution is 7.98. The zero-order valence-corrected chi connectivity index (χ0v) is 20.8. The van der Waals surface area contributed by atoms with Crippen LogP contribution in [0.15, 0.2) is 58.4 Å². The van der Waals surface area contributed by atoms with Gasteiger partial charge in [-0.2, -0.15) is 21.1 Å². The molecule has 1 fully saturated rings. The van der Waals surface area contributed by atoms with Crippen molar-refractivity contribution in [2.75, 3.05) is 25.1 Å². The van der Waals surface area contributed by atoms with Crippen molar-refractivity contribution in [3.8, 4) is 0 Å². The number of sulfonamides is 1. The lowest BCUT2D eigenvalue weighted by atomic mass is 9.99. The summed E-state index contributed by atoms with van der Waals surface area (Å²) in [6, 6.07) is 14.1. The zero-order valence-electron chi connectivity index (χ0n) is 17.6. The lowest BCUT2D eigenvalue weighted by molar-refractivity contribution is -0.122. The summed E-state index contributed by atoms with van der Waals surface area (Å²) in [7, 11) is -3.68. The molecule has 0 saturated carbocycles. The fourth-order valence-electron chi connectivity index (χ4n) is 3.81. The molecule has 1 aromatic heterocycles. The van der Waals surface area contributed by atoms with Crippen LogP contribution in [-0.2, 0) is 21.4 Å². The smallest absolute Gasteiger partial charge is 0.252 e. The molecule has 2 heterocycles. The van der Waals surface area contributed by atoms with Gasteiger partial charge in [0.1, 0.15) is 0 Å². The van der Waals surface area contributed by atoms with Gasteiger partial charge in [-0.15, -0.1) is 0 Å². The second kappa shape index (κ2) is 10.1. The summed E-state index contributed by atoms with van der Waals surface area (Å²) in [5.41, 5.74) is 1.06. The van der Waals surface area contributed by atoms with E-state index in [1.807, 2.05) is 24.3 Å². The van der Waals surface area contributed by atoms with Crippen molar-refractivity contribution in [3.63, 3.8) is 0 Å². The number of fused-ring (bicyclic) bond motifs is 1. The molecule has 1 saturated heterocycles. The average molecular weight is 510 g/mol. The third-order valence-corrected chi connectivity index (χ3v) is 9.28. The minimum Gasteiger partial charge on any atom is -0.316 e. The number of hydrogen-bond donors (Lipinski definition) is 0.